The van der Waals surface area contributed by atoms with Crippen molar-refractivity contribution in [2.45, 2.75) is 12.8 Å². The summed E-state index contributed by atoms with van der Waals surface area (Å²) in [6.07, 6.45) is 1.82. The zero-order valence-corrected chi connectivity index (χ0v) is 21.4. The molecule has 0 fully saturated rings. The third-order valence-corrected chi connectivity index (χ3v) is 4.97. The highest BCUT2D eigenvalue weighted by atomic mass is 127. The van der Waals surface area contributed by atoms with Crippen LogP contribution in [0.4, 0.5) is 5.69 Å². The second-order valence-corrected chi connectivity index (χ2v) is 6.88. The van der Waals surface area contributed by atoms with Gasteiger partial charge in [-0.25, -0.2) is 0 Å². The molecule has 0 amide bonds. The maximum absolute atomic E-state index is 5.49. The van der Waals surface area contributed by atoms with Gasteiger partial charge in [0.25, 0.3) is 0 Å². The maximum atomic E-state index is 5.49. The van der Waals surface area contributed by atoms with Crippen molar-refractivity contribution in [3.63, 3.8) is 0 Å². The first-order chi connectivity index (χ1) is 15.1. The zero-order valence-electron chi connectivity index (χ0n) is 19.1. The smallest absolute Gasteiger partial charge is 0.195 e. The fourth-order valence-corrected chi connectivity index (χ4v) is 3.37. The van der Waals surface area contributed by atoms with Crippen LogP contribution >= 0.6 is 24.0 Å². The van der Waals surface area contributed by atoms with Gasteiger partial charge in [0.15, 0.2) is 17.5 Å². The molecule has 0 spiro atoms. The molecule has 1 heterocycles. The molecule has 0 aliphatic rings. The molecule has 0 atom stereocenters. The monoisotopic (exact) mass is 554 g/mol. The van der Waals surface area contributed by atoms with Crippen molar-refractivity contribution < 1.29 is 18.9 Å². The van der Waals surface area contributed by atoms with Crippen molar-refractivity contribution in [3.8, 4) is 23.0 Å². The summed E-state index contributed by atoms with van der Waals surface area (Å²) in [6.45, 7) is 0.767. The number of H-pyrrole nitrogens is 1. The number of hydrogen-bond donors (Lipinski definition) is 3. The number of aromatic amines is 1. The largest absolute Gasteiger partial charge is 0.497 e. The molecule has 3 rings (SSSR count). The normalized spacial score (nSPS) is 11.0. The van der Waals surface area contributed by atoms with E-state index in [-0.39, 0.29) is 24.0 Å². The minimum absolute atomic E-state index is 0. The number of rotatable bonds is 9. The number of methoxy groups -OCH3 is 4. The fraction of sp³-hybridized carbons (Fsp3) is 0.348. The van der Waals surface area contributed by atoms with Crippen molar-refractivity contribution in [3.05, 3.63) is 42.1 Å². The molecule has 8 nitrogen and oxygen atoms in total. The number of guanidine groups is 1. The van der Waals surface area contributed by atoms with E-state index in [1.165, 1.54) is 0 Å². The average molecular weight is 554 g/mol. The van der Waals surface area contributed by atoms with Crippen LogP contribution < -0.4 is 29.6 Å². The lowest BCUT2D eigenvalue weighted by atomic mass is 10.2. The third-order valence-electron chi connectivity index (χ3n) is 4.97. The molecule has 0 bridgehead atoms. The van der Waals surface area contributed by atoms with Gasteiger partial charge in [0.05, 0.1) is 34.0 Å². The lowest BCUT2D eigenvalue weighted by molar-refractivity contribution is 0.355. The van der Waals surface area contributed by atoms with Crippen LogP contribution in [0.25, 0.3) is 10.9 Å². The number of aromatic nitrogens is 1. The van der Waals surface area contributed by atoms with Gasteiger partial charge in [0.1, 0.15) is 11.5 Å². The van der Waals surface area contributed by atoms with Gasteiger partial charge in [-0.3, -0.25) is 4.99 Å². The Bertz CT molecular complexity index is 1050. The van der Waals surface area contributed by atoms with Crippen molar-refractivity contribution in [1.29, 1.82) is 0 Å². The van der Waals surface area contributed by atoms with E-state index in [0.717, 1.165) is 53.2 Å². The van der Waals surface area contributed by atoms with Crippen molar-refractivity contribution >= 4 is 46.5 Å². The number of nitrogens with zero attached hydrogens (tertiary/aromatic N) is 1. The van der Waals surface area contributed by atoms with E-state index in [0.29, 0.717) is 17.5 Å². The highest BCUT2D eigenvalue weighted by Crippen LogP contribution is 2.32. The molecule has 32 heavy (non-hydrogen) atoms. The molecule has 0 radical (unpaired) electrons. The Morgan fingerprint density at radius 3 is 2.31 bits per heavy atom. The van der Waals surface area contributed by atoms with E-state index in [4.69, 9.17) is 18.9 Å². The summed E-state index contributed by atoms with van der Waals surface area (Å²) in [5.74, 6) is 3.60. The molecule has 9 heteroatoms. The molecule has 0 saturated heterocycles. The van der Waals surface area contributed by atoms with Gasteiger partial charge in [0.2, 0.25) is 0 Å². The summed E-state index contributed by atoms with van der Waals surface area (Å²) in [7, 11) is 8.30. The van der Waals surface area contributed by atoms with Gasteiger partial charge >= 0.3 is 0 Å². The van der Waals surface area contributed by atoms with E-state index in [1.807, 2.05) is 30.3 Å². The molecule has 2 aromatic carbocycles. The maximum Gasteiger partial charge on any atom is 0.195 e. The number of halogens is 1. The number of hydrogen-bond acceptors (Lipinski definition) is 5. The summed E-state index contributed by atoms with van der Waals surface area (Å²) in [5, 5.41) is 7.66. The van der Waals surface area contributed by atoms with E-state index in [2.05, 4.69) is 26.7 Å². The van der Waals surface area contributed by atoms with Crippen molar-refractivity contribution in [2.24, 2.45) is 4.99 Å². The summed E-state index contributed by atoms with van der Waals surface area (Å²) in [4.78, 5) is 7.74. The number of fused-ring (bicyclic) bond motifs is 1. The third kappa shape index (κ3) is 6.12. The second-order valence-electron chi connectivity index (χ2n) is 6.88. The molecule has 1 aromatic heterocycles. The van der Waals surface area contributed by atoms with Crippen molar-refractivity contribution in [1.82, 2.24) is 10.3 Å². The van der Waals surface area contributed by atoms with Crippen LogP contribution in [0.3, 0.4) is 0 Å². The zero-order chi connectivity index (χ0) is 22.2. The first-order valence-corrected chi connectivity index (χ1v) is 10.0. The Kier molecular flexibility index (Phi) is 9.76. The van der Waals surface area contributed by atoms with E-state index in [1.54, 1.807) is 35.5 Å². The van der Waals surface area contributed by atoms with Crippen LogP contribution in [0.5, 0.6) is 23.0 Å². The van der Waals surface area contributed by atoms with E-state index < -0.39 is 0 Å². The Labute approximate surface area is 205 Å². The standard InChI is InChI=1S/C23H30N4O4.HI/c1-24-23(27-16-8-9-20(29-3)22(12-16)31-5)25-10-6-7-15-11-18-19(26-15)13-17(28-2)14-21(18)30-4;/h8-9,11-14,26H,6-7,10H2,1-5H3,(H2,24,25,27);1H. The Hall–Kier alpha value is -2.82. The van der Waals surface area contributed by atoms with E-state index >= 15 is 0 Å². The molecule has 3 aromatic rings. The van der Waals surface area contributed by atoms with Gasteiger partial charge in [-0.15, -0.1) is 24.0 Å². The van der Waals surface area contributed by atoms with Crippen LogP contribution in [0.15, 0.2) is 41.4 Å². The lowest BCUT2D eigenvalue weighted by Crippen LogP contribution is -2.31. The lowest BCUT2D eigenvalue weighted by Gasteiger charge is -2.14. The molecule has 0 aliphatic heterocycles. The predicted molar refractivity (Wildman–Crippen MR) is 140 cm³/mol. The number of anilines is 1. The molecule has 0 saturated carbocycles. The highest BCUT2D eigenvalue weighted by Gasteiger charge is 2.10. The first kappa shape index (κ1) is 25.4. The van der Waals surface area contributed by atoms with Crippen LogP contribution in [-0.4, -0.2) is 53.0 Å². The Morgan fingerprint density at radius 2 is 1.66 bits per heavy atom. The minimum atomic E-state index is 0. The topological polar surface area (TPSA) is 89.1 Å². The van der Waals surface area contributed by atoms with Gasteiger partial charge in [-0.05, 0) is 31.0 Å². The molecule has 0 aliphatic carbocycles. The highest BCUT2D eigenvalue weighted by molar-refractivity contribution is 14.0. The average Bonchev–Trinajstić information content (AvgIpc) is 3.22. The number of benzene rings is 2. The molecular formula is C23H31IN4O4. The summed E-state index contributed by atoms with van der Waals surface area (Å²) >= 11 is 0. The number of aryl methyl sites for hydroxylation is 1. The molecular weight excluding hydrogens is 523 g/mol. The van der Waals surface area contributed by atoms with Gasteiger partial charge < -0.3 is 34.6 Å². The van der Waals surface area contributed by atoms with E-state index in [9.17, 15) is 0 Å². The summed E-state index contributed by atoms with van der Waals surface area (Å²) < 4.78 is 21.5. The number of aliphatic imine (C=N–C) groups is 1. The van der Waals surface area contributed by atoms with Gasteiger partial charge in [0, 0.05) is 48.6 Å². The number of nitrogens with one attached hydrogen (secondary N) is 3. The first-order valence-electron chi connectivity index (χ1n) is 10.0. The van der Waals surface area contributed by atoms with Crippen LogP contribution in [0.2, 0.25) is 0 Å². The van der Waals surface area contributed by atoms with Gasteiger partial charge in [-0.1, -0.05) is 0 Å². The Balaban J connectivity index is 0.00000363. The SMILES string of the molecule is CN=C(NCCCc1cc2c(OC)cc(OC)cc2[nH]1)Nc1ccc(OC)c(OC)c1.I. The van der Waals surface area contributed by atoms with Crippen LogP contribution in [0, 0.1) is 0 Å². The van der Waals surface area contributed by atoms with Crippen molar-refractivity contribution in [2.75, 3.05) is 47.3 Å². The molecule has 0 unspecified atom stereocenters. The van der Waals surface area contributed by atoms with Crippen LogP contribution in [0.1, 0.15) is 12.1 Å². The second kappa shape index (κ2) is 12.3. The predicted octanol–water partition coefficient (Wildman–Crippen LogP) is 4.44. The Morgan fingerprint density at radius 1 is 0.906 bits per heavy atom. The summed E-state index contributed by atoms with van der Waals surface area (Å²) in [5.41, 5.74) is 3.01. The van der Waals surface area contributed by atoms with Gasteiger partial charge in [-0.2, -0.15) is 0 Å². The quantitative estimate of drug-likeness (QED) is 0.157. The molecule has 3 N–H and O–H groups in total. The van der Waals surface area contributed by atoms with Crippen LogP contribution in [-0.2, 0) is 6.42 Å². The molecule has 174 valence electrons. The minimum Gasteiger partial charge on any atom is -0.497 e. The number of ether oxygens (including phenoxy) is 4. The summed E-state index contributed by atoms with van der Waals surface area (Å²) in [6, 6.07) is 11.6. The fourth-order valence-electron chi connectivity index (χ4n) is 3.37.